The van der Waals surface area contributed by atoms with E-state index in [1.54, 1.807) is 36.4 Å². The molecular formula is C47H76O3. The van der Waals surface area contributed by atoms with Crippen molar-refractivity contribution in [2.45, 2.75) is 182 Å². The predicted molar refractivity (Wildman–Crippen MR) is 219 cm³/mol. The van der Waals surface area contributed by atoms with Gasteiger partial charge in [-0.3, -0.25) is 0 Å². The largest absolute Gasteiger partial charge is 0.508 e. The molecule has 0 aliphatic rings. The monoisotopic (exact) mass is 689 g/mol. The highest BCUT2D eigenvalue weighted by Crippen LogP contribution is 2.36. The van der Waals surface area contributed by atoms with E-state index in [1.165, 1.54) is 126 Å². The SMILES string of the molecule is CC(C)(C)CC(C)(C)c1ccc(O)cc1.CCCCCCCCCCCCc1ccc(O)cc1.CCCCCCCCCc1ccc(O)cc1. The maximum absolute atomic E-state index is 9.25. The first-order chi connectivity index (χ1) is 23.9. The number of aryl methyl sites for hydroxylation is 2. The Labute approximate surface area is 309 Å². The van der Waals surface area contributed by atoms with Crippen molar-refractivity contribution in [2.75, 3.05) is 0 Å². The van der Waals surface area contributed by atoms with Crippen LogP contribution in [0.4, 0.5) is 0 Å². The molecule has 0 atom stereocenters. The lowest BCUT2D eigenvalue weighted by Crippen LogP contribution is -2.24. The molecule has 0 heterocycles. The highest BCUT2D eigenvalue weighted by atomic mass is 16.3. The number of phenolic OH excluding ortho intramolecular Hbond substituents is 3. The number of benzene rings is 3. The number of unbranched alkanes of at least 4 members (excludes halogenated alkanes) is 15. The van der Waals surface area contributed by atoms with Crippen LogP contribution in [0.2, 0.25) is 0 Å². The number of hydrogen-bond acceptors (Lipinski definition) is 3. The van der Waals surface area contributed by atoms with Crippen LogP contribution in [0.15, 0.2) is 72.8 Å². The molecule has 0 saturated heterocycles. The van der Waals surface area contributed by atoms with E-state index in [9.17, 15) is 10.2 Å². The molecule has 0 aliphatic heterocycles. The third-order valence-corrected chi connectivity index (χ3v) is 9.38. The lowest BCUT2D eigenvalue weighted by atomic mass is 9.72. The standard InChI is InChI=1S/C18H30O.C15H24O.C14H22O/c1-2-3-4-5-6-7-8-9-10-11-12-17-13-15-18(19)16-14-17;1-2-3-4-5-6-7-8-9-14-10-12-15(16)13-11-14;1-13(2,3)10-14(4,5)11-6-8-12(15)9-7-11/h13-16,19H,2-12H2,1H3;10-13,16H,2-9H2,1H3;6-9,15H,10H2,1-5H3. The Bertz CT molecular complexity index is 1190. The van der Waals surface area contributed by atoms with Crippen molar-refractivity contribution in [1.82, 2.24) is 0 Å². The van der Waals surface area contributed by atoms with Crippen molar-refractivity contribution >= 4 is 0 Å². The normalized spacial score (nSPS) is 11.3. The Hall–Kier alpha value is -2.94. The molecule has 0 saturated carbocycles. The Balaban J connectivity index is 0.000000378. The second-order valence-electron chi connectivity index (χ2n) is 16.3. The maximum Gasteiger partial charge on any atom is 0.115 e. The molecule has 0 bridgehead atoms. The molecule has 3 aromatic carbocycles. The van der Waals surface area contributed by atoms with Gasteiger partial charge >= 0.3 is 0 Å². The molecule has 0 unspecified atom stereocenters. The molecule has 282 valence electrons. The number of aromatic hydroxyl groups is 3. The fourth-order valence-electron chi connectivity index (χ4n) is 6.77. The third-order valence-electron chi connectivity index (χ3n) is 9.38. The summed E-state index contributed by atoms with van der Waals surface area (Å²) in [5.74, 6) is 1.07. The van der Waals surface area contributed by atoms with Crippen LogP contribution in [-0.2, 0) is 18.3 Å². The van der Waals surface area contributed by atoms with Gasteiger partial charge in [0.1, 0.15) is 17.2 Å². The molecule has 3 heteroatoms. The summed E-state index contributed by atoms with van der Waals surface area (Å²) in [4.78, 5) is 0. The zero-order chi connectivity index (χ0) is 37.1. The van der Waals surface area contributed by atoms with Gasteiger partial charge in [0.15, 0.2) is 0 Å². The van der Waals surface area contributed by atoms with Gasteiger partial charge in [0.05, 0.1) is 0 Å². The summed E-state index contributed by atoms with van der Waals surface area (Å²) < 4.78 is 0. The molecule has 0 radical (unpaired) electrons. The van der Waals surface area contributed by atoms with Crippen molar-refractivity contribution < 1.29 is 15.3 Å². The predicted octanol–water partition coefficient (Wildman–Crippen LogP) is 14.6. The molecule has 3 rings (SSSR count). The van der Waals surface area contributed by atoms with Gasteiger partial charge in [-0.25, -0.2) is 0 Å². The van der Waals surface area contributed by atoms with E-state index in [0.717, 1.165) is 19.3 Å². The Morgan fingerprint density at radius 3 is 0.960 bits per heavy atom. The van der Waals surface area contributed by atoms with Crippen LogP contribution in [0.1, 0.15) is 181 Å². The van der Waals surface area contributed by atoms with E-state index >= 15 is 0 Å². The van der Waals surface area contributed by atoms with E-state index in [0.29, 0.717) is 22.7 Å². The molecule has 3 nitrogen and oxygen atoms in total. The second kappa shape index (κ2) is 26.8. The van der Waals surface area contributed by atoms with Crippen LogP contribution in [-0.4, -0.2) is 15.3 Å². The van der Waals surface area contributed by atoms with Gasteiger partial charge < -0.3 is 15.3 Å². The zero-order valence-corrected chi connectivity index (χ0v) is 33.4. The van der Waals surface area contributed by atoms with Crippen molar-refractivity contribution in [3.63, 3.8) is 0 Å². The van der Waals surface area contributed by atoms with Crippen molar-refractivity contribution in [3.05, 3.63) is 89.5 Å². The summed E-state index contributed by atoms with van der Waals surface area (Å²) in [6.45, 7) is 15.8. The smallest absolute Gasteiger partial charge is 0.115 e. The van der Waals surface area contributed by atoms with Gasteiger partial charge in [-0.05, 0) is 96.0 Å². The molecule has 0 aliphatic carbocycles. The summed E-state index contributed by atoms with van der Waals surface area (Å²) in [6.07, 6.45) is 26.8. The molecule has 0 fully saturated rings. The lowest BCUT2D eigenvalue weighted by molar-refractivity contribution is 0.284. The highest BCUT2D eigenvalue weighted by Gasteiger charge is 2.27. The number of hydrogen-bond donors (Lipinski definition) is 3. The first kappa shape index (κ1) is 45.1. The average molecular weight is 689 g/mol. The van der Waals surface area contributed by atoms with Gasteiger partial charge in [-0.1, -0.05) is 181 Å². The quantitative estimate of drug-likeness (QED) is 0.0976. The van der Waals surface area contributed by atoms with Crippen molar-refractivity contribution in [2.24, 2.45) is 5.41 Å². The highest BCUT2D eigenvalue weighted by molar-refractivity contribution is 5.31. The first-order valence-corrected chi connectivity index (χ1v) is 20.2. The fraction of sp³-hybridized carbons (Fsp3) is 0.617. The maximum atomic E-state index is 9.25. The molecule has 0 aromatic heterocycles. The van der Waals surface area contributed by atoms with E-state index in [2.05, 4.69) is 48.5 Å². The lowest BCUT2D eigenvalue weighted by Gasteiger charge is -2.33. The first-order valence-electron chi connectivity index (χ1n) is 20.2. The van der Waals surface area contributed by atoms with Crippen molar-refractivity contribution in [3.8, 4) is 17.2 Å². The van der Waals surface area contributed by atoms with Crippen molar-refractivity contribution in [1.29, 1.82) is 0 Å². The summed E-state index contributed by atoms with van der Waals surface area (Å²) in [7, 11) is 0. The third kappa shape index (κ3) is 24.2. The van der Waals surface area contributed by atoms with Crippen LogP contribution < -0.4 is 0 Å². The molecule has 3 N–H and O–H groups in total. The topological polar surface area (TPSA) is 60.7 Å². The Kier molecular flexibility index (Phi) is 24.2. The summed E-state index contributed by atoms with van der Waals surface area (Å²) in [6, 6.07) is 22.8. The molecule has 3 aromatic rings. The number of phenols is 3. The van der Waals surface area contributed by atoms with Crippen LogP contribution in [0.5, 0.6) is 17.2 Å². The zero-order valence-electron chi connectivity index (χ0n) is 33.4. The summed E-state index contributed by atoms with van der Waals surface area (Å²) in [5.41, 5.74) is 4.45. The van der Waals surface area contributed by atoms with Gasteiger partial charge in [-0.15, -0.1) is 0 Å². The minimum Gasteiger partial charge on any atom is -0.508 e. The molecular weight excluding hydrogens is 613 g/mol. The van der Waals surface area contributed by atoms with Gasteiger partial charge in [-0.2, -0.15) is 0 Å². The van der Waals surface area contributed by atoms with Crippen LogP contribution in [0.25, 0.3) is 0 Å². The number of rotatable bonds is 21. The van der Waals surface area contributed by atoms with Gasteiger partial charge in [0.25, 0.3) is 0 Å². The van der Waals surface area contributed by atoms with Gasteiger partial charge in [0.2, 0.25) is 0 Å². The summed E-state index contributed by atoms with van der Waals surface area (Å²) in [5, 5.41) is 27.6. The van der Waals surface area contributed by atoms with E-state index < -0.39 is 0 Å². The van der Waals surface area contributed by atoms with Gasteiger partial charge in [0, 0.05) is 0 Å². The van der Waals surface area contributed by atoms with Crippen LogP contribution in [0, 0.1) is 5.41 Å². The molecule has 50 heavy (non-hydrogen) atoms. The van der Waals surface area contributed by atoms with Crippen LogP contribution in [0.3, 0.4) is 0 Å². The molecule has 0 amide bonds. The molecule has 0 spiro atoms. The Morgan fingerprint density at radius 2 is 0.660 bits per heavy atom. The van der Waals surface area contributed by atoms with Crippen LogP contribution >= 0.6 is 0 Å². The average Bonchev–Trinajstić information content (AvgIpc) is 3.07. The Morgan fingerprint density at radius 1 is 0.380 bits per heavy atom. The minimum absolute atomic E-state index is 0.159. The van der Waals surface area contributed by atoms with E-state index in [1.807, 2.05) is 36.4 Å². The minimum atomic E-state index is 0.159. The summed E-state index contributed by atoms with van der Waals surface area (Å²) >= 11 is 0. The fourth-order valence-corrected chi connectivity index (χ4v) is 6.77. The van der Waals surface area contributed by atoms with E-state index in [4.69, 9.17) is 5.11 Å². The second-order valence-corrected chi connectivity index (χ2v) is 16.3. The van der Waals surface area contributed by atoms with E-state index in [-0.39, 0.29) is 5.41 Å².